The average Bonchev–Trinajstić information content (AvgIpc) is 3.22. The van der Waals surface area contributed by atoms with Crippen LogP contribution in [0.25, 0.3) is 0 Å². The average molecular weight is 275 g/mol. The molecule has 1 aromatic carbocycles. The molecule has 1 fully saturated rings. The van der Waals surface area contributed by atoms with Gasteiger partial charge in [-0.2, -0.15) is 0 Å². The summed E-state index contributed by atoms with van der Waals surface area (Å²) in [5, 5.41) is 8.77. The molecule has 6 heteroatoms. The number of hydrogen-bond donors (Lipinski definition) is 3. The van der Waals surface area contributed by atoms with Crippen LogP contribution in [0.2, 0.25) is 0 Å². The van der Waals surface area contributed by atoms with Gasteiger partial charge in [0.2, 0.25) is 5.91 Å². The van der Waals surface area contributed by atoms with Crippen molar-refractivity contribution in [2.24, 2.45) is 0 Å². The number of ether oxygens (including phenoxy) is 1. The van der Waals surface area contributed by atoms with Crippen molar-refractivity contribution in [1.82, 2.24) is 10.6 Å². The molecule has 0 aromatic heterocycles. The van der Waals surface area contributed by atoms with E-state index in [0.717, 1.165) is 18.4 Å². The van der Waals surface area contributed by atoms with Crippen LogP contribution in [0.4, 0.5) is 5.69 Å². The quantitative estimate of drug-likeness (QED) is 0.726. The van der Waals surface area contributed by atoms with E-state index in [-0.39, 0.29) is 18.4 Å². The second-order valence-corrected chi connectivity index (χ2v) is 5.11. The van der Waals surface area contributed by atoms with E-state index in [9.17, 15) is 9.59 Å². The molecule has 0 bridgehead atoms. The van der Waals surface area contributed by atoms with Gasteiger partial charge in [0.15, 0.2) is 6.61 Å². The van der Waals surface area contributed by atoms with Gasteiger partial charge in [-0.25, -0.2) is 0 Å². The molecule has 1 aliphatic heterocycles. The van der Waals surface area contributed by atoms with Gasteiger partial charge in [0, 0.05) is 12.6 Å². The van der Waals surface area contributed by atoms with Gasteiger partial charge < -0.3 is 20.7 Å². The highest BCUT2D eigenvalue weighted by atomic mass is 16.5. The second-order valence-electron chi connectivity index (χ2n) is 5.11. The number of benzene rings is 1. The van der Waals surface area contributed by atoms with Crippen molar-refractivity contribution in [3.05, 3.63) is 23.8 Å². The number of nitrogens with one attached hydrogen (secondary N) is 3. The predicted octanol–water partition coefficient (Wildman–Crippen LogP) is 0.386. The molecule has 20 heavy (non-hydrogen) atoms. The molecule has 3 rings (SSSR count). The lowest BCUT2D eigenvalue weighted by molar-refractivity contribution is -0.120. The Balaban J connectivity index is 1.51. The third kappa shape index (κ3) is 3.27. The highest BCUT2D eigenvalue weighted by molar-refractivity contribution is 5.95. The molecular weight excluding hydrogens is 258 g/mol. The summed E-state index contributed by atoms with van der Waals surface area (Å²) in [5.41, 5.74) is 1.68. The maximum atomic E-state index is 11.5. The van der Waals surface area contributed by atoms with Gasteiger partial charge in [-0.15, -0.1) is 0 Å². The molecule has 3 N–H and O–H groups in total. The minimum atomic E-state index is -0.147. The van der Waals surface area contributed by atoms with E-state index in [1.807, 2.05) is 18.2 Å². The fourth-order valence-electron chi connectivity index (χ4n) is 2.07. The highest BCUT2D eigenvalue weighted by Gasteiger charge is 2.22. The normalized spacial score (nSPS) is 16.9. The lowest BCUT2D eigenvalue weighted by Gasteiger charge is -2.18. The lowest BCUT2D eigenvalue weighted by Crippen LogP contribution is -2.34. The Bertz CT molecular complexity index is 540. The zero-order valence-corrected chi connectivity index (χ0v) is 11.1. The summed E-state index contributed by atoms with van der Waals surface area (Å²) in [7, 11) is 0. The summed E-state index contributed by atoms with van der Waals surface area (Å²) in [6, 6.07) is 6.00. The molecule has 2 amide bonds. The predicted molar refractivity (Wildman–Crippen MR) is 73.4 cm³/mol. The summed E-state index contributed by atoms with van der Waals surface area (Å²) >= 11 is 0. The van der Waals surface area contributed by atoms with Crippen molar-refractivity contribution in [2.45, 2.75) is 25.4 Å². The van der Waals surface area contributed by atoms with Crippen LogP contribution in [-0.2, 0) is 16.1 Å². The van der Waals surface area contributed by atoms with Crippen LogP contribution in [0.3, 0.4) is 0 Å². The Morgan fingerprint density at radius 1 is 1.40 bits per heavy atom. The monoisotopic (exact) mass is 275 g/mol. The maximum Gasteiger partial charge on any atom is 0.262 e. The number of anilines is 1. The Morgan fingerprint density at radius 3 is 3.05 bits per heavy atom. The molecule has 1 aliphatic carbocycles. The van der Waals surface area contributed by atoms with E-state index in [0.29, 0.717) is 30.6 Å². The van der Waals surface area contributed by atoms with E-state index in [1.165, 1.54) is 0 Å². The number of rotatable bonds is 5. The fourth-order valence-corrected chi connectivity index (χ4v) is 2.07. The number of carbonyl (C=O) groups is 2. The van der Waals surface area contributed by atoms with Gasteiger partial charge in [-0.3, -0.25) is 9.59 Å². The van der Waals surface area contributed by atoms with Crippen LogP contribution in [0.5, 0.6) is 5.75 Å². The molecule has 6 nitrogen and oxygen atoms in total. The maximum absolute atomic E-state index is 11.5. The second kappa shape index (κ2) is 5.50. The molecule has 1 heterocycles. The summed E-state index contributed by atoms with van der Waals surface area (Å²) < 4.78 is 5.29. The minimum Gasteiger partial charge on any atom is -0.482 e. The van der Waals surface area contributed by atoms with Crippen LogP contribution >= 0.6 is 0 Å². The van der Waals surface area contributed by atoms with E-state index in [2.05, 4.69) is 16.0 Å². The molecule has 106 valence electrons. The van der Waals surface area contributed by atoms with Crippen LogP contribution in [0.15, 0.2) is 18.2 Å². The van der Waals surface area contributed by atoms with E-state index in [4.69, 9.17) is 4.74 Å². The number of hydrogen-bond acceptors (Lipinski definition) is 4. The topological polar surface area (TPSA) is 79.5 Å². The Kier molecular flexibility index (Phi) is 3.56. The standard InChI is InChI=1S/C14H17N3O3/c18-13(16-10-2-3-10)7-15-6-9-1-4-12-11(5-9)17-14(19)8-20-12/h1,4-5,10,15H,2-3,6-8H2,(H,16,18)(H,17,19). The molecule has 2 aliphatic rings. The Hall–Kier alpha value is -2.08. The molecule has 0 saturated heterocycles. The largest absolute Gasteiger partial charge is 0.482 e. The van der Waals surface area contributed by atoms with Crippen molar-refractivity contribution < 1.29 is 14.3 Å². The van der Waals surface area contributed by atoms with Gasteiger partial charge >= 0.3 is 0 Å². The molecule has 0 radical (unpaired) electrons. The van der Waals surface area contributed by atoms with E-state index >= 15 is 0 Å². The summed E-state index contributed by atoms with van der Waals surface area (Å²) in [5.74, 6) is 0.563. The van der Waals surface area contributed by atoms with E-state index < -0.39 is 0 Å². The molecule has 0 spiro atoms. The van der Waals surface area contributed by atoms with E-state index in [1.54, 1.807) is 0 Å². The van der Waals surface area contributed by atoms with Crippen molar-refractivity contribution in [1.29, 1.82) is 0 Å². The van der Waals surface area contributed by atoms with Gasteiger partial charge in [0.1, 0.15) is 5.75 Å². The fraction of sp³-hybridized carbons (Fsp3) is 0.429. The van der Waals surface area contributed by atoms with Gasteiger partial charge in [0.25, 0.3) is 5.91 Å². The van der Waals surface area contributed by atoms with Gasteiger partial charge in [0.05, 0.1) is 12.2 Å². The Labute approximate surface area is 116 Å². The third-order valence-electron chi connectivity index (χ3n) is 3.23. The lowest BCUT2D eigenvalue weighted by atomic mass is 10.1. The van der Waals surface area contributed by atoms with Crippen molar-refractivity contribution in [3.8, 4) is 5.75 Å². The minimum absolute atomic E-state index is 0.0297. The summed E-state index contributed by atoms with van der Waals surface area (Å²) in [6.07, 6.45) is 2.19. The first kappa shape index (κ1) is 12.9. The summed E-state index contributed by atoms with van der Waals surface area (Å²) in [6.45, 7) is 0.934. The van der Waals surface area contributed by atoms with Crippen LogP contribution in [0, 0.1) is 0 Å². The zero-order chi connectivity index (χ0) is 13.9. The molecule has 0 unspecified atom stereocenters. The van der Waals surface area contributed by atoms with Crippen LogP contribution in [0.1, 0.15) is 18.4 Å². The molecule has 1 aromatic rings. The third-order valence-corrected chi connectivity index (χ3v) is 3.23. The smallest absolute Gasteiger partial charge is 0.262 e. The number of amides is 2. The SMILES string of the molecule is O=C1COc2ccc(CNCC(=O)NC3CC3)cc2N1. The molecular formula is C14H17N3O3. The first-order valence-corrected chi connectivity index (χ1v) is 6.76. The van der Waals surface area contributed by atoms with Crippen LogP contribution in [-0.4, -0.2) is 31.0 Å². The van der Waals surface area contributed by atoms with Crippen LogP contribution < -0.4 is 20.7 Å². The molecule has 0 atom stereocenters. The number of carbonyl (C=O) groups excluding carboxylic acids is 2. The van der Waals surface area contributed by atoms with Crippen molar-refractivity contribution in [2.75, 3.05) is 18.5 Å². The highest BCUT2D eigenvalue weighted by Crippen LogP contribution is 2.28. The van der Waals surface area contributed by atoms with Gasteiger partial charge in [-0.05, 0) is 30.5 Å². The molecule has 1 saturated carbocycles. The van der Waals surface area contributed by atoms with Gasteiger partial charge in [-0.1, -0.05) is 6.07 Å². The Morgan fingerprint density at radius 2 is 2.25 bits per heavy atom. The number of fused-ring (bicyclic) bond motifs is 1. The summed E-state index contributed by atoms with van der Waals surface area (Å²) in [4.78, 5) is 22.8. The van der Waals surface area contributed by atoms with Crippen molar-refractivity contribution in [3.63, 3.8) is 0 Å². The van der Waals surface area contributed by atoms with Crippen molar-refractivity contribution >= 4 is 17.5 Å². The zero-order valence-electron chi connectivity index (χ0n) is 11.1. The first-order valence-electron chi connectivity index (χ1n) is 6.76. The first-order chi connectivity index (χ1) is 9.70.